The molecular formula is C22H31N3O3. The van der Waals surface area contributed by atoms with Crippen LogP contribution in [0.4, 0.5) is 5.69 Å². The quantitative estimate of drug-likeness (QED) is 0.730. The van der Waals surface area contributed by atoms with Crippen molar-refractivity contribution in [1.82, 2.24) is 9.80 Å². The monoisotopic (exact) mass is 385 g/mol. The van der Waals surface area contributed by atoms with Crippen molar-refractivity contribution in [2.45, 2.75) is 45.4 Å². The van der Waals surface area contributed by atoms with Crippen molar-refractivity contribution >= 4 is 17.5 Å². The zero-order chi connectivity index (χ0) is 19.6. The molecule has 1 saturated carbocycles. The molecular weight excluding hydrogens is 354 g/mol. The van der Waals surface area contributed by atoms with Crippen LogP contribution in [0.25, 0.3) is 0 Å². The number of imide groups is 1. The summed E-state index contributed by atoms with van der Waals surface area (Å²) in [5.41, 5.74) is 0.742. The van der Waals surface area contributed by atoms with Crippen LogP contribution < -0.4 is 9.64 Å². The van der Waals surface area contributed by atoms with E-state index in [1.54, 1.807) is 0 Å². The van der Waals surface area contributed by atoms with Crippen molar-refractivity contribution in [2.24, 2.45) is 5.41 Å². The fourth-order valence-corrected chi connectivity index (χ4v) is 4.95. The van der Waals surface area contributed by atoms with Crippen molar-refractivity contribution in [1.29, 1.82) is 0 Å². The van der Waals surface area contributed by atoms with E-state index < -0.39 is 0 Å². The van der Waals surface area contributed by atoms with E-state index in [1.807, 2.05) is 25.1 Å². The number of likely N-dealkylation sites (tertiary alicyclic amines) is 1. The van der Waals surface area contributed by atoms with Crippen LogP contribution >= 0.6 is 0 Å². The van der Waals surface area contributed by atoms with Crippen LogP contribution in [0.15, 0.2) is 24.3 Å². The lowest BCUT2D eigenvalue weighted by Crippen LogP contribution is -2.51. The summed E-state index contributed by atoms with van der Waals surface area (Å²) in [6.07, 6.45) is 5.53. The number of benzene rings is 1. The number of anilines is 1. The largest absolute Gasteiger partial charge is 0.492 e. The van der Waals surface area contributed by atoms with Crippen LogP contribution in [0.3, 0.4) is 0 Å². The normalized spacial score (nSPS) is 22.9. The second-order valence-corrected chi connectivity index (χ2v) is 8.29. The highest BCUT2D eigenvalue weighted by molar-refractivity contribution is 6.05. The van der Waals surface area contributed by atoms with Gasteiger partial charge in [-0.1, -0.05) is 31.4 Å². The molecule has 1 aliphatic carbocycles. The Kier molecular flexibility index (Phi) is 5.58. The second-order valence-electron chi connectivity index (χ2n) is 8.29. The molecule has 0 atom stereocenters. The Balaban J connectivity index is 1.36. The van der Waals surface area contributed by atoms with Crippen LogP contribution in [0.2, 0.25) is 0 Å². The summed E-state index contributed by atoms with van der Waals surface area (Å²) in [5.74, 6) is 1.03. The number of amides is 2. The minimum absolute atomic E-state index is 0.0241. The Morgan fingerprint density at radius 2 is 1.71 bits per heavy atom. The topological polar surface area (TPSA) is 53.1 Å². The Hall–Kier alpha value is -2.08. The van der Waals surface area contributed by atoms with Gasteiger partial charge in [-0.15, -0.1) is 0 Å². The molecule has 2 aliphatic heterocycles. The van der Waals surface area contributed by atoms with Gasteiger partial charge in [-0.3, -0.25) is 19.4 Å². The SMILES string of the molecule is CCOc1ccccc1N1CCN(CN2C(=O)CC3(CCCCC3)C2=O)CC1. The van der Waals surface area contributed by atoms with Crippen molar-refractivity contribution in [3.8, 4) is 5.75 Å². The Morgan fingerprint density at radius 1 is 1.00 bits per heavy atom. The highest BCUT2D eigenvalue weighted by Crippen LogP contribution is 2.45. The first-order valence-electron chi connectivity index (χ1n) is 10.7. The van der Waals surface area contributed by atoms with Crippen molar-refractivity contribution in [3.63, 3.8) is 0 Å². The molecule has 1 aromatic carbocycles. The van der Waals surface area contributed by atoms with Gasteiger partial charge >= 0.3 is 0 Å². The molecule has 3 fully saturated rings. The van der Waals surface area contributed by atoms with E-state index in [0.29, 0.717) is 19.7 Å². The van der Waals surface area contributed by atoms with E-state index in [4.69, 9.17) is 4.74 Å². The average Bonchev–Trinajstić information content (AvgIpc) is 2.94. The van der Waals surface area contributed by atoms with E-state index in [1.165, 1.54) is 11.3 Å². The molecule has 2 amide bonds. The number of carbonyl (C=O) groups excluding carboxylic acids is 2. The first-order chi connectivity index (χ1) is 13.6. The molecule has 6 heteroatoms. The molecule has 28 heavy (non-hydrogen) atoms. The molecule has 0 bridgehead atoms. The van der Waals surface area contributed by atoms with Gasteiger partial charge in [0.1, 0.15) is 5.75 Å². The van der Waals surface area contributed by atoms with Gasteiger partial charge in [0, 0.05) is 32.6 Å². The lowest BCUT2D eigenvalue weighted by molar-refractivity contribution is -0.144. The van der Waals surface area contributed by atoms with Gasteiger partial charge in [0.2, 0.25) is 11.8 Å². The molecule has 0 aromatic heterocycles. The predicted molar refractivity (Wildman–Crippen MR) is 108 cm³/mol. The lowest BCUT2D eigenvalue weighted by atomic mass is 9.73. The van der Waals surface area contributed by atoms with E-state index in [2.05, 4.69) is 15.9 Å². The summed E-state index contributed by atoms with van der Waals surface area (Å²) in [6, 6.07) is 8.14. The zero-order valence-electron chi connectivity index (χ0n) is 16.9. The summed E-state index contributed by atoms with van der Waals surface area (Å²) in [6.45, 7) is 6.50. The van der Waals surface area contributed by atoms with Crippen molar-refractivity contribution in [3.05, 3.63) is 24.3 Å². The molecule has 1 aromatic rings. The van der Waals surface area contributed by atoms with Gasteiger partial charge in [0.15, 0.2) is 0 Å². The van der Waals surface area contributed by atoms with Crippen LogP contribution in [0.1, 0.15) is 45.4 Å². The van der Waals surface area contributed by atoms with E-state index >= 15 is 0 Å². The van der Waals surface area contributed by atoms with Crippen LogP contribution in [0, 0.1) is 5.41 Å². The summed E-state index contributed by atoms with van der Waals surface area (Å²) in [7, 11) is 0. The van der Waals surface area contributed by atoms with Gasteiger partial charge in [0.25, 0.3) is 0 Å². The number of hydrogen-bond donors (Lipinski definition) is 0. The molecule has 3 aliphatic rings. The smallest absolute Gasteiger partial charge is 0.237 e. The van der Waals surface area contributed by atoms with E-state index in [-0.39, 0.29) is 17.2 Å². The zero-order valence-corrected chi connectivity index (χ0v) is 16.9. The maximum absolute atomic E-state index is 13.0. The minimum atomic E-state index is -0.381. The van der Waals surface area contributed by atoms with Gasteiger partial charge in [-0.25, -0.2) is 0 Å². The summed E-state index contributed by atoms with van der Waals surface area (Å²) < 4.78 is 5.76. The number of hydrogen-bond acceptors (Lipinski definition) is 5. The van der Waals surface area contributed by atoms with Crippen molar-refractivity contribution < 1.29 is 14.3 Å². The minimum Gasteiger partial charge on any atom is -0.492 e. The first-order valence-corrected chi connectivity index (χ1v) is 10.7. The maximum Gasteiger partial charge on any atom is 0.237 e. The number of rotatable bonds is 5. The number of piperazine rings is 1. The first kappa shape index (κ1) is 19.2. The average molecular weight is 386 g/mol. The molecule has 2 heterocycles. The molecule has 6 nitrogen and oxygen atoms in total. The second kappa shape index (κ2) is 8.11. The fourth-order valence-electron chi connectivity index (χ4n) is 4.95. The predicted octanol–water partition coefficient (Wildman–Crippen LogP) is 2.87. The van der Waals surface area contributed by atoms with E-state index in [0.717, 1.165) is 63.3 Å². The van der Waals surface area contributed by atoms with Gasteiger partial charge < -0.3 is 9.64 Å². The molecule has 1 spiro atoms. The number of carbonyl (C=O) groups is 2. The highest BCUT2D eigenvalue weighted by Gasteiger charge is 2.51. The lowest BCUT2D eigenvalue weighted by Gasteiger charge is -2.38. The maximum atomic E-state index is 13.0. The fraction of sp³-hybridized carbons (Fsp3) is 0.636. The molecule has 0 unspecified atom stereocenters. The Morgan fingerprint density at radius 3 is 2.43 bits per heavy atom. The van der Waals surface area contributed by atoms with Gasteiger partial charge in [-0.2, -0.15) is 0 Å². The third-order valence-electron chi connectivity index (χ3n) is 6.52. The molecule has 2 saturated heterocycles. The molecule has 4 rings (SSSR count). The molecule has 0 radical (unpaired) electrons. The third kappa shape index (κ3) is 3.62. The van der Waals surface area contributed by atoms with Crippen molar-refractivity contribution in [2.75, 3.05) is 44.4 Å². The van der Waals surface area contributed by atoms with Crippen LogP contribution in [0.5, 0.6) is 5.75 Å². The Bertz CT molecular complexity index is 721. The number of ether oxygens (including phenoxy) is 1. The third-order valence-corrected chi connectivity index (χ3v) is 6.52. The summed E-state index contributed by atoms with van der Waals surface area (Å²) >= 11 is 0. The summed E-state index contributed by atoms with van der Waals surface area (Å²) in [4.78, 5) is 31.7. The summed E-state index contributed by atoms with van der Waals surface area (Å²) in [5, 5.41) is 0. The van der Waals surface area contributed by atoms with Gasteiger partial charge in [0.05, 0.1) is 24.4 Å². The van der Waals surface area contributed by atoms with E-state index in [9.17, 15) is 9.59 Å². The highest BCUT2D eigenvalue weighted by atomic mass is 16.5. The standard InChI is InChI=1S/C22H31N3O3/c1-2-28-19-9-5-4-8-18(19)24-14-12-23(13-15-24)17-25-20(26)16-22(21(25)27)10-6-3-7-11-22/h4-5,8-9H,2-3,6-7,10-17H2,1H3. The van der Waals surface area contributed by atoms with Crippen LogP contribution in [-0.4, -0.2) is 61.1 Å². The molecule has 152 valence electrons. The number of para-hydroxylation sites is 2. The van der Waals surface area contributed by atoms with Crippen LogP contribution in [-0.2, 0) is 9.59 Å². The van der Waals surface area contributed by atoms with Gasteiger partial charge in [-0.05, 0) is 31.9 Å². The number of nitrogens with zero attached hydrogens (tertiary/aromatic N) is 3. The molecule has 0 N–H and O–H groups in total. The Labute approximate surface area is 167 Å².